The number of nitrogens with zero attached hydrogens (tertiary/aromatic N) is 7. The van der Waals surface area contributed by atoms with Gasteiger partial charge in [0.1, 0.15) is 18.0 Å². The van der Waals surface area contributed by atoms with Crippen molar-refractivity contribution in [2.75, 3.05) is 37.6 Å². The molecule has 1 atom stereocenters. The minimum Gasteiger partial charge on any atom is -0.356 e. The lowest BCUT2D eigenvalue weighted by molar-refractivity contribution is -0.134. The van der Waals surface area contributed by atoms with Crippen LogP contribution < -0.4 is 4.90 Å². The minimum atomic E-state index is -4.16. The number of anilines is 1. The van der Waals surface area contributed by atoms with E-state index in [9.17, 15) is 13.2 Å². The first kappa shape index (κ1) is 24.2. The van der Waals surface area contributed by atoms with Crippen LogP contribution in [-0.2, 0) is 13.0 Å². The lowest BCUT2D eigenvalue weighted by atomic mass is 9.93. The Labute approximate surface area is 204 Å². The van der Waals surface area contributed by atoms with Crippen molar-refractivity contribution in [2.45, 2.75) is 76.4 Å². The molecule has 0 spiro atoms. The van der Waals surface area contributed by atoms with Crippen molar-refractivity contribution >= 4 is 17.9 Å². The predicted octanol–water partition coefficient (Wildman–Crippen LogP) is 4.86. The van der Waals surface area contributed by atoms with Gasteiger partial charge in [0.15, 0.2) is 5.82 Å². The van der Waals surface area contributed by atoms with Gasteiger partial charge in [-0.2, -0.15) is 13.2 Å². The Kier molecular flexibility index (Phi) is 7.09. The number of aliphatic imine (C=N–C) groups is 1. The van der Waals surface area contributed by atoms with E-state index in [1.165, 1.54) is 12.8 Å². The molecule has 2 aromatic heterocycles. The number of rotatable bonds is 7. The molecule has 0 aromatic carbocycles. The van der Waals surface area contributed by atoms with Gasteiger partial charge < -0.3 is 14.4 Å². The van der Waals surface area contributed by atoms with Gasteiger partial charge in [0.25, 0.3) is 0 Å². The van der Waals surface area contributed by atoms with E-state index in [-0.39, 0.29) is 12.3 Å². The van der Waals surface area contributed by atoms with Crippen molar-refractivity contribution in [2.24, 2.45) is 4.99 Å². The van der Waals surface area contributed by atoms with Gasteiger partial charge in [-0.25, -0.2) is 19.9 Å². The summed E-state index contributed by atoms with van der Waals surface area (Å²) in [5, 5.41) is 0. The Morgan fingerprint density at radius 1 is 1.03 bits per heavy atom. The minimum absolute atomic E-state index is 0.0580. The Morgan fingerprint density at radius 3 is 2.54 bits per heavy atom. The standard InChI is InChI=1S/C25H34F3N7/c1-18-5-9-29-22-21(18)24(31-17-30-22)34-12-6-19(7-13-34)23-32-20(4-8-25(26,27)28)16-35(23)15-14-33-10-2-3-11-33/h9,16-19H,2-8,10-15H2,1H3/t18-/m1/s1. The summed E-state index contributed by atoms with van der Waals surface area (Å²) in [7, 11) is 0. The molecular formula is C25H34F3N7. The number of hydrogen-bond acceptors (Lipinski definition) is 6. The fraction of sp³-hybridized carbons (Fsp3) is 0.680. The van der Waals surface area contributed by atoms with Crippen molar-refractivity contribution in [3.63, 3.8) is 0 Å². The number of imidazole rings is 1. The van der Waals surface area contributed by atoms with Gasteiger partial charge in [-0.15, -0.1) is 0 Å². The van der Waals surface area contributed by atoms with Crippen molar-refractivity contribution in [1.29, 1.82) is 0 Å². The summed E-state index contributed by atoms with van der Waals surface area (Å²) >= 11 is 0. The lowest BCUT2D eigenvalue weighted by Gasteiger charge is -2.35. The third-order valence-corrected chi connectivity index (χ3v) is 7.54. The third kappa shape index (κ3) is 5.68. The molecule has 5 rings (SSSR count). The molecule has 5 heterocycles. The first-order chi connectivity index (χ1) is 16.9. The van der Waals surface area contributed by atoms with Gasteiger partial charge in [0.2, 0.25) is 0 Å². The highest BCUT2D eigenvalue weighted by molar-refractivity contribution is 5.72. The fourth-order valence-electron chi connectivity index (χ4n) is 5.57. The molecule has 2 saturated heterocycles. The molecule has 2 fully saturated rings. The van der Waals surface area contributed by atoms with Crippen molar-refractivity contribution in [3.8, 4) is 0 Å². The second kappa shape index (κ2) is 10.2. The van der Waals surface area contributed by atoms with Crippen molar-refractivity contribution in [3.05, 3.63) is 29.6 Å². The molecular weight excluding hydrogens is 455 g/mol. The summed E-state index contributed by atoms with van der Waals surface area (Å²) in [5.41, 5.74) is 1.67. The van der Waals surface area contributed by atoms with Crippen molar-refractivity contribution in [1.82, 2.24) is 24.4 Å². The molecule has 0 N–H and O–H groups in total. The summed E-state index contributed by atoms with van der Waals surface area (Å²) in [6, 6.07) is 0. The lowest BCUT2D eigenvalue weighted by Crippen LogP contribution is -2.35. The Balaban J connectivity index is 1.30. The van der Waals surface area contributed by atoms with Crippen LogP contribution in [0.2, 0.25) is 0 Å². The summed E-state index contributed by atoms with van der Waals surface area (Å²) in [6.07, 6.45) is 5.47. The van der Waals surface area contributed by atoms with Crippen LogP contribution in [-0.4, -0.2) is 69.5 Å². The maximum Gasteiger partial charge on any atom is 0.389 e. The van der Waals surface area contributed by atoms with Crippen LogP contribution in [0.15, 0.2) is 17.5 Å². The van der Waals surface area contributed by atoms with Crippen LogP contribution >= 0.6 is 0 Å². The molecule has 3 aliphatic heterocycles. The Bertz CT molecular complexity index is 1030. The monoisotopic (exact) mass is 489 g/mol. The number of likely N-dealkylation sites (tertiary alicyclic amines) is 1. The van der Waals surface area contributed by atoms with Crippen LogP contribution in [0.25, 0.3) is 0 Å². The van der Waals surface area contributed by atoms with E-state index in [0.29, 0.717) is 11.6 Å². The van der Waals surface area contributed by atoms with E-state index >= 15 is 0 Å². The van der Waals surface area contributed by atoms with Crippen molar-refractivity contribution < 1.29 is 13.2 Å². The van der Waals surface area contributed by atoms with E-state index in [0.717, 1.165) is 81.6 Å². The number of aryl methyl sites for hydroxylation is 1. The quantitative estimate of drug-likeness (QED) is 0.556. The van der Waals surface area contributed by atoms with Gasteiger partial charge in [0.05, 0.1) is 5.69 Å². The molecule has 0 radical (unpaired) electrons. The largest absolute Gasteiger partial charge is 0.389 e. The van der Waals surface area contributed by atoms with Crippen LogP contribution in [0, 0.1) is 0 Å². The van der Waals surface area contributed by atoms with Gasteiger partial charge in [0, 0.05) is 56.5 Å². The van der Waals surface area contributed by atoms with Crippen LogP contribution in [0.3, 0.4) is 0 Å². The highest BCUT2D eigenvalue weighted by atomic mass is 19.4. The highest BCUT2D eigenvalue weighted by Gasteiger charge is 2.31. The second-order valence-electron chi connectivity index (χ2n) is 10.1. The van der Waals surface area contributed by atoms with Crippen LogP contribution in [0.4, 0.5) is 24.8 Å². The molecule has 2 aromatic rings. The van der Waals surface area contributed by atoms with Gasteiger partial charge in [-0.1, -0.05) is 6.92 Å². The summed E-state index contributed by atoms with van der Waals surface area (Å²) in [5.74, 6) is 3.25. The molecule has 35 heavy (non-hydrogen) atoms. The number of alkyl halides is 3. The maximum absolute atomic E-state index is 12.8. The molecule has 10 heteroatoms. The SMILES string of the molecule is C[C@@H]1CC=Nc2ncnc(N3CCC(c4nc(CCC(F)(F)F)cn4CCN4CCCC4)CC3)c21. The average Bonchev–Trinajstić information content (AvgIpc) is 3.51. The maximum atomic E-state index is 12.8. The van der Waals surface area contributed by atoms with E-state index < -0.39 is 12.6 Å². The number of aromatic nitrogens is 4. The third-order valence-electron chi connectivity index (χ3n) is 7.54. The first-order valence-corrected chi connectivity index (χ1v) is 12.8. The summed E-state index contributed by atoms with van der Waals surface area (Å²) in [6.45, 7) is 7.77. The smallest absolute Gasteiger partial charge is 0.356 e. The zero-order valence-electron chi connectivity index (χ0n) is 20.3. The summed E-state index contributed by atoms with van der Waals surface area (Å²) in [4.78, 5) is 22.9. The molecule has 7 nitrogen and oxygen atoms in total. The number of halogens is 3. The van der Waals surface area contributed by atoms with Crippen LogP contribution in [0.5, 0.6) is 0 Å². The van der Waals surface area contributed by atoms with E-state index in [4.69, 9.17) is 4.98 Å². The number of piperidine rings is 1. The second-order valence-corrected chi connectivity index (χ2v) is 10.1. The Morgan fingerprint density at radius 2 is 1.80 bits per heavy atom. The zero-order chi connectivity index (χ0) is 24.4. The topological polar surface area (TPSA) is 62.4 Å². The Hall–Kier alpha value is -2.49. The van der Waals surface area contributed by atoms with Gasteiger partial charge in [-0.3, -0.25) is 0 Å². The molecule has 0 saturated carbocycles. The van der Waals surface area contributed by atoms with E-state index in [2.05, 4.69) is 36.3 Å². The molecule has 0 aliphatic carbocycles. The molecule has 0 amide bonds. The number of fused-ring (bicyclic) bond motifs is 1. The molecule has 3 aliphatic rings. The number of hydrogen-bond donors (Lipinski definition) is 0. The van der Waals surface area contributed by atoms with Crippen LogP contribution in [0.1, 0.15) is 74.4 Å². The normalized spacial score (nSPS) is 21.6. The zero-order valence-corrected chi connectivity index (χ0v) is 20.3. The van der Waals surface area contributed by atoms with Gasteiger partial charge >= 0.3 is 6.18 Å². The summed E-state index contributed by atoms with van der Waals surface area (Å²) < 4.78 is 40.7. The predicted molar refractivity (Wildman–Crippen MR) is 130 cm³/mol. The molecule has 0 bridgehead atoms. The van der Waals surface area contributed by atoms with E-state index in [1.807, 2.05) is 12.4 Å². The average molecular weight is 490 g/mol. The molecule has 0 unspecified atom stereocenters. The molecule has 190 valence electrons. The fourth-order valence-corrected chi connectivity index (χ4v) is 5.57. The van der Waals surface area contributed by atoms with Gasteiger partial charge in [-0.05, 0) is 57.5 Å². The first-order valence-electron chi connectivity index (χ1n) is 12.8. The van der Waals surface area contributed by atoms with E-state index in [1.54, 1.807) is 6.33 Å². The highest BCUT2D eigenvalue weighted by Crippen LogP contribution is 2.39.